The maximum Gasteiger partial charge on any atom is 0.272 e. The van der Waals surface area contributed by atoms with Crippen LogP contribution in [0.1, 0.15) is 30.5 Å². The molecule has 1 N–H and O–H groups in total. The molecule has 1 aromatic carbocycles. The number of hydrogen-bond acceptors (Lipinski definition) is 3. The smallest absolute Gasteiger partial charge is 0.272 e. The Morgan fingerprint density at radius 2 is 2.00 bits per heavy atom. The van der Waals surface area contributed by atoms with Crippen molar-refractivity contribution < 1.29 is 4.92 Å². The molecule has 82 valence electrons. The van der Waals surface area contributed by atoms with Crippen LogP contribution in [0.5, 0.6) is 0 Å². The molecule has 1 aliphatic heterocycles. The van der Waals surface area contributed by atoms with Crippen LogP contribution in [-0.2, 0) is 13.1 Å². The fourth-order valence-electron chi connectivity index (χ4n) is 1.73. The number of nitro benzene ring substituents is 1. The normalized spacial score (nSPS) is 12.7. The lowest BCUT2D eigenvalue weighted by atomic mass is 10.0. The van der Waals surface area contributed by atoms with Gasteiger partial charge in [-0.3, -0.25) is 10.1 Å². The van der Waals surface area contributed by atoms with Crippen LogP contribution in [0.15, 0.2) is 12.1 Å². The highest BCUT2D eigenvalue weighted by Gasteiger charge is 2.19. The molecule has 1 aromatic rings. The van der Waals surface area contributed by atoms with Crippen LogP contribution in [0.25, 0.3) is 0 Å². The number of rotatable bonds is 1. The molecule has 0 atom stereocenters. The second-order valence-electron chi connectivity index (χ2n) is 3.21. The van der Waals surface area contributed by atoms with Crippen molar-refractivity contribution in [2.75, 3.05) is 0 Å². The van der Waals surface area contributed by atoms with Gasteiger partial charge >= 0.3 is 0 Å². The van der Waals surface area contributed by atoms with Crippen LogP contribution in [0.2, 0.25) is 0 Å². The summed E-state index contributed by atoms with van der Waals surface area (Å²) in [6.45, 7) is 7.39. The summed E-state index contributed by atoms with van der Waals surface area (Å²) in [7, 11) is 0. The molecule has 1 aliphatic rings. The Hall–Kier alpha value is -1.42. The van der Waals surface area contributed by atoms with Gasteiger partial charge in [0.05, 0.1) is 4.92 Å². The van der Waals surface area contributed by atoms with Gasteiger partial charge < -0.3 is 5.32 Å². The van der Waals surface area contributed by atoms with Crippen molar-refractivity contribution in [1.82, 2.24) is 5.32 Å². The molecule has 2 rings (SSSR count). The minimum atomic E-state index is -0.325. The molecule has 0 saturated heterocycles. The van der Waals surface area contributed by atoms with Crippen molar-refractivity contribution in [2.45, 2.75) is 33.9 Å². The number of nitro groups is 1. The minimum absolute atomic E-state index is 0.224. The topological polar surface area (TPSA) is 55.2 Å². The quantitative estimate of drug-likeness (QED) is 0.570. The number of hydrogen-bond donors (Lipinski definition) is 1. The van der Waals surface area contributed by atoms with E-state index in [9.17, 15) is 10.1 Å². The van der Waals surface area contributed by atoms with Crippen LogP contribution < -0.4 is 5.32 Å². The number of nitrogens with zero attached hydrogens (tertiary/aromatic N) is 1. The lowest BCUT2D eigenvalue weighted by molar-refractivity contribution is -0.385. The summed E-state index contributed by atoms with van der Waals surface area (Å²) in [4.78, 5) is 10.3. The van der Waals surface area contributed by atoms with Gasteiger partial charge in [-0.2, -0.15) is 0 Å². The lowest BCUT2D eigenvalue weighted by Gasteiger charge is -2.02. The predicted molar refractivity (Wildman–Crippen MR) is 59.7 cm³/mol. The number of benzene rings is 1. The van der Waals surface area contributed by atoms with Crippen molar-refractivity contribution in [2.24, 2.45) is 0 Å². The first kappa shape index (κ1) is 11.7. The van der Waals surface area contributed by atoms with E-state index >= 15 is 0 Å². The van der Waals surface area contributed by atoms with Gasteiger partial charge in [-0.05, 0) is 18.1 Å². The first-order valence-corrected chi connectivity index (χ1v) is 5.16. The Kier molecular flexibility index (Phi) is 3.80. The van der Waals surface area contributed by atoms with E-state index < -0.39 is 0 Å². The average molecular weight is 208 g/mol. The van der Waals surface area contributed by atoms with E-state index in [-0.39, 0.29) is 10.6 Å². The van der Waals surface area contributed by atoms with E-state index in [2.05, 4.69) is 5.32 Å². The third-order valence-corrected chi connectivity index (χ3v) is 2.48. The summed E-state index contributed by atoms with van der Waals surface area (Å²) in [5.74, 6) is 0. The maximum atomic E-state index is 10.6. The predicted octanol–water partition coefficient (Wildman–Crippen LogP) is 2.53. The largest absolute Gasteiger partial charge is 0.309 e. The Morgan fingerprint density at radius 1 is 1.33 bits per heavy atom. The Bertz CT molecular complexity index is 375. The molecule has 0 fully saturated rings. The van der Waals surface area contributed by atoms with E-state index in [1.165, 1.54) is 5.56 Å². The zero-order chi connectivity index (χ0) is 11.4. The molecule has 15 heavy (non-hydrogen) atoms. The van der Waals surface area contributed by atoms with E-state index in [1.807, 2.05) is 26.8 Å². The molecule has 0 amide bonds. The fourth-order valence-corrected chi connectivity index (χ4v) is 1.73. The first-order valence-electron chi connectivity index (χ1n) is 5.16. The summed E-state index contributed by atoms with van der Waals surface area (Å²) in [6, 6.07) is 3.42. The molecule has 4 nitrogen and oxygen atoms in total. The van der Waals surface area contributed by atoms with Crippen LogP contribution >= 0.6 is 0 Å². The van der Waals surface area contributed by atoms with Crippen molar-refractivity contribution in [3.05, 3.63) is 38.9 Å². The van der Waals surface area contributed by atoms with E-state index in [0.29, 0.717) is 0 Å². The Balaban J connectivity index is 0.000000531. The summed E-state index contributed by atoms with van der Waals surface area (Å²) < 4.78 is 0. The van der Waals surface area contributed by atoms with Crippen molar-refractivity contribution in [3.63, 3.8) is 0 Å². The summed E-state index contributed by atoms with van der Waals surface area (Å²) in [6.07, 6.45) is 0. The SMILES string of the molecule is CC.Cc1c([N+](=O)[O-])ccc2c1CNC2. The summed E-state index contributed by atoms with van der Waals surface area (Å²) in [5, 5.41) is 13.8. The van der Waals surface area contributed by atoms with Crippen LogP contribution in [0.4, 0.5) is 5.69 Å². The molecule has 0 bridgehead atoms. The summed E-state index contributed by atoms with van der Waals surface area (Å²) in [5.41, 5.74) is 3.30. The van der Waals surface area contributed by atoms with Crippen molar-refractivity contribution >= 4 is 5.69 Å². The average Bonchev–Trinajstić information content (AvgIpc) is 2.69. The maximum absolute atomic E-state index is 10.6. The standard InChI is InChI=1S/C9H10N2O2.C2H6/c1-6-8-5-10-4-7(8)2-3-9(6)11(12)13;1-2/h2-3,10H,4-5H2,1H3;1-2H3. The molecule has 0 unspecified atom stereocenters. The minimum Gasteiger partial charge on any atom is -0.309 e. The lowest BCUT2D eigenvalue weighted by Crippen LogP contribution is -2.00. The molecular formula is C11H16N2O2. The third kappa shape index (κ3) is 2.15. The third-order valence-electron chi connectivity index (χ3n) is 2.48. The molecule has 0 saturated carbocycles. The highest BCUT2D eigenvalue weighted by atomic mass is 16.6. The van der Waals surface area contributed by atoms with Gasteiger partial charge in [0.2, 0.25) is 0 Å². The highest BCUT2D eigenvalue weighted by Crippen LogP contribution is 2.27. The molecule has 1 heterocycles. The second-order valence-corrected chi connectivity index (χ2v) is 3.21. The van der Waals surface area contributed by atoms with Crippen molar-refractivity contribution in [3.8, 4) is 0 Å². The van der Waals surface area contributed by atoms with E-state index in [4.69, 9.17) is 0 Å². The molecule has 0 spiro atoms. The van der Waals surface area contributed by atoms with Crippen LogP contribution in [-0.4, -0.2) is 4.92 Å². The highest BCUT2D eigenvalue weighted by molar-refractivity contribution is 5.49. The van der Waals surface area contributed by atoms with Crippen LogP contribution in [0, 0.1) is 17.0 Å². The Labute approximate surface area is 89.5 Å². The molecule has 0 aliphatic carbocycles. The molecular weight excluding hydrogens is 192 g/mol. The zero-order valence-corrected chi connectivity index (χ0v) is 9.33. The summed E-state index contributed by atoms with van der Waals surface area (Å²) >= 11 is 0. The monoisotopic (exact) mass is 208 g/mol. The van der Waals surface area contributed by atoms with Gasteiger partial charge in [-0.1, -0.05) is 19.9 Å². The first-order chi connectivity index (χ1) is 7.20. The molecule has 4 heteroatoms. The van der Waals surface area contributed by atoms with E-state index in [0.717, 1.165) is 24.2 Å². The van der Waals surface area contributed by atoms with Gasteiger partial charge in [0.15, 0.2) is 0 Å². The molecule has 0 aromatic heterocycles. The van der Waals surface area contributed by atoms with Gasteiger partial charge in [0, 0.05) is 24.7 Å². The zero-order valence-electron chi connectivity index (χ0n) is 9.33. The second kappa shape index (κ2) is 4.89. The number of nitrogens with one attached hydrogen (secondary N) is 1. The van der Waals surface area contributed by atoms with Gasteiger partial charge in [-0.25, -0.2) is 0 Å². The Morgan fingerprint density at radius 3 is 2.60 bits per heavy atom. The van der Waals surface area contributed by atoms with E-state index in [1.54, 1.807) is 6.07 Å². The van der Waals surface area contributed by atoms with Gasteiger partial charge in [0.1, 0.15) is 0 Å². The van der Waals surface area contributed by atoms with Gasteiger partial charge in [0.25, 0.3) is 5.69 Å². The van der Waals surface area contributed by atoms with Crippen LogP contribution in [0.3, 0.4) is 0 Å². The molecule has 0 radical (unpaired) electrons. The fraction of sp³-hybridized carbons (Fsp3) is 0.455. The van der Waals surface area contributed by atoms with Crippen molar-refractivity contribution in [1.29, 1.82) is 0 Å². The number of fused-ring (bicyclic) bond motifs is 1. The van der Waals surface area contributed by atoms with Gasteiger partial charge in [-0.15, -0.1) is 0 Å².